The molecule has 3 fully saturated rings. The van der Waals surface area contributed by atoms with Gasteiger partial charge >= 0.3 is 5.97 Å². The first kappa shape index (κ1) is 27.9. The number of sulfone groups is 1. The largest absolute Gasteiger partial charge is 0.481 e. The summed E-state index contributed by atoms with van der Waals surface area (Å²) in [6.07, 6.45) is 8.79. The highest BCUT2D eigenvalue weighted by Gasteiger charge is 2.41. The highest BCUT2D eigenvalue weighted by Crippen LogP contribution is 2.49. The van der Waals surface area contributed by atoms with Gasteiger partial charge in [0, 0.05) is 17.9 Å². The van der Waals surface area contributed by atoms with E-state index in [0.717, 1.165) is 43.4 Å². The number of benzene rings is 1. The summed E-state index contributed by atoms with van der Waals surface area (Å²) >= 11 is 0. The number of aromatic nitrogens is 1. The number of hydrogen-bond donors (Lipinski definition) is 2. The zero-order valence-corrected chi connectivity index (χ0v) is 24.7. The minimum absolute atomic E-state index is 0.0890. The molecule has 1 heterocycles. The van der Waals surface area contributed by atoms with Crippen molar-refractivity contribution in [3.8, 4) is 5.69 Å². The van der Waals surface area contributed by atoms with Crippen LogP contribution in [0.15, 0.2) is 29.4 Å². The quantitative estimate of drug-likeness (QED) is 0.448. The van der Waals surface area contributed by atoms with Crippen molar-refractivity contribution < 1.29 is 23.1 Å². The maximum atomic E-state index is 14.2. The third-order valence-corrected chi connectivity index (χ3v) is 11.7. The number of carboxylic acids is 1. The van der Waals surface area contributed by atoms with E-state index >= 15 is 0 Å². The van der Waals surface area contributed by atoms with Gasteiger partial charge in [-0.3, -0.25) is 9.59 Å². The summed E-state index contributed by atoms with van der Waals surface area (Å²) in [5.41, 5.74) is 3.87. The van der Waals surface area contributed by atoms with E-state index in [1.807, 2.05) is 0 Å². The zero-order valence-electron chi connectivity index (χ0n) is 23.8. The van der Waals surface area contributed by atoms with Crippen molar-refractivity contribution in [3.05, 3.63) is 46.6 Å². The van der Waals surface area contributed by atoms with Gasteiger partial charge in [0.2, 0.25) is 0 Å². The third-order valence-electron chi connectivity index (χ3n) is 9.29. The molecule has 2 aromatic rings. The topological polar surface area (TPSA) is 105 Å². The summed E-state index contributed by atoms with van der Waals surface area (Å²) in [6, 6.07) is 6.21. The van der Waals surface area contributed by atoms with Crippen LogP contribution >= 0.6 is 0 Å². The molecule has 0 aliphatic heterocycles. The van der Waals surface area contributed by atoms with Gasteiger partial charge in [-0.1, -0.05) is 53.0 Å². The molecule has 7 nitrogen and oxygen atoms in total. The Hall–Kier alpha value is -2.61. The number of hydrogen-bond acceptors (Lipinski definition) is 4. The Balaban J connectivity index is 1.62. The van der Waals surface area contributed by atoms with Gasteiger partial charge in [-0.25, -0.2) is 8.42 Å². The van der Waals surface area contributed by atoms with Crippen molar-refractivity contribution in [2.45, 2.75) is 120 Å². The van der Waals surface area contributed by atoms with Crippen LogP contribution in [-0.2, 0) is 25.5 Å². The summed E-state index contributed by atoms with van der Waals surface area (Å²) < 4.78 is 30.2. The second kappa shape index (κ2) is 9.79. The van der Waals surface area contributed by atoms with Crippen molar-refractivity contribution >= 4 is 21.7 Å². The van der Waals surface area contributed by atoms with E-state index < -0.39 is 27.0 Å². The van der Waals surface area contributed by atoms with Crippen molar-refractivity contribution in [2.24, 2.45) is 5.92 Å². The van der Waals surface area contributed by atoms with Crippen LogP contribution in [0.5, 0.6) is 0 Å². The van der Waals surface area contributed by atoms with Crippen LogP contribution in [0.4, 0.5) is 0 Å². The molecule has 212 valence electrons. The van der Waals surface area contributed by atoms with Crippen LogP contribution in [0.2, 0.25) is 0 Å². The lowest BCUT2D eigenvalue weighted by Gasteiger charge is -2.32. The van der Waals surface area contributed by atoms with Crippen LogP contribution < -0.4 is 5.32 Å². The Morgan fingerprint density at radius 1 is 1.05 bits per heavy atom. The van der Waals surface area contributed by atoms with E-state index in [1.54, 1.807) is 17.7 Å². The molecular formula is C31H42N2O5S. The normalized spacial score (nSPS) is 23.2. The molecule has 0 bridgehead atoms. The van der Waals surface area contributed by atoms with E-state index in [1.165, 1.54) is 5.56 Å². The molecule has 1 aromatic heterocycles. The van der Waals surface area contributed by atoms with Gasteiger partial charge in [0.1, 0.15) is 5.03 Å². The van der Waals surface area contributed by atoms with Crippen LogP contribution in [-0.4, -0.2) is 41.3 Å². The van der Waals surface area contributed by atoms with E-state index in [4.69, 9.17) is 0 Å². The Morgan fingerprint density at radius 2 is 1.69 bits per heavy atom. The van der Waals surface area contributed by atoms with Gasteiger partial charge in [-0.05, 0) is 85.1 Å². The summed E-state index contributed by atoms with van der Waals surface area (Å²) in [4.78, 5) is 24.7. The number of carbonyl (C=O) groups is 2. The molecule has 39 heavy (non-hydrogen) atoms. The molecule has 3 aliphatic carbocycles. The van der Waals surface area contributed by atoms with Gasteiger partial charge in [0.15, 0.2) is 9.84 Å². The fourth-order valence-corrected chi connectivity index (χ4v) is 8.33. The van der Waals surface area contributed by atoms with E-state index in [0.29, 0.717) is 36.8 Å². The lowest BCUT2D eigenvalue weighted by atomic mass is 9.80. The fraction of sp³-hybridized carbons (Fsp3) is 0.613. The van der Waals surface area contributed by atoms with Crippen molar-refractivity contribution in [1.29, 1.82) is 0 Å². The number of rotatable bonds is 7. The molecule has 5 rings (SSSR count). The number of aliphatic carboxylic acids is 1. The number of carbonyl (C=O) groups excluding carboxylic acids is 1. The van der Waals surface area contributed by atoms with Crippen LogP contribution in [0.1, 0.15) is 113 Å². The Morgan fingerprint density at radius 3 is 2.26 bits per heavy atom. The minimum Gasteiger partial charge on any atom is -0.481 e. The second-order valence-electron chi connectivity index (χ2n) is 13.4. The molecule has 3 saturated carbocycles. The van der Waals surface area contributed by atoms with Crippen molar-refractivity contribution in [3.63, 3.8) is 0 Å². The summed E-state index contributed by atoms with van der Waals surface area (Å²) in [6.45, 7) is 10.5. The average Bonchev–Trinajstić information content (AvgIpc) is 3.50. The number of amides is 1. The molecule has 8 heteroatoms. The monoisotopic (exact) mass is 554 g/mol. The lowest BCUT2D eigenvalue weighted by molar-refractivity contribution is -0.145. The van der Waals surface area contributed by atoms with Crippen LogP contribution in [0.3, 0.4) is 0 Å². The fourth-order valence-electron chi connectivity index (χ4n) is 6.09. The smallest absolute Gasteiger partial charge is 0.306 e. The summed E-state index contributed by atoms with van der Waals surface area (Å²) in [5.74, 6) is -1.63. The summed E-state index contributed by atoms with van der Waals surface area (Å²) in [7, 11) is -3.70. The van der Waals surface area contributed by atoms with E-state index in [9.17, 15) is 23.1 Å². The molecule has 0 unspecified atom stereocenters. The molecule has 2 N–H and O–H groups in total. The summed E-state index contributed by atoms with van der Waals surface area (Å²) in [5, 5.41) is 11.9. The predicted molar refractivity (Wildman–Crippen MR) is 151 cm³/mol. The van der Waals surface area contributed by atoms with Gasteiger partial charge < -0.3 is 15.0 Å². The predicted octanol–water partition coefficient (Wildman–Crippen LogP) is 5.83. The van der Waals surface area contributed by atoms with E-state index in [-0.39, 0.29) is 27.8 Å². The van der Waals surface area contributed by atoms with E-state index in [2.05, 4.69) is 51.2 Å². The lowest BCUT2D eigenvalue weighted by Crippen LogP contribution is -2.46. The SMILES string of the molecule is Cc1c(C(=O)N[C@H]2C[C@H](C(=O)O)C2)cn(-c2cc(C(C)(C)C)cc(C3(C)CC3)c2)c1S(=O)(=O)C1CCCCC1. The van der Waals surface area contributed by atoms with Gasteiger partial charge in [-0.15, -0.1) is 0 Å². The van der Waals surface area contributed by atoms with Gasteiger partial charge in [-0.2, -0.15) is 0 Å². The molecule has 0 radical (unpaired) electrons. The molecule has 0 atom stereocenters. The maximum Gasteiger partial charge on any atom is 0.306 e. The van der Waals surface area contributed by atoms with Gasteiger partial charge in [0.05, 0.1) is 16.7 Å². The standard InChI is InChI=1S/C31H42N2O5S/c1-19-26(27(34)32-23-13-20(14-23)29(35)36)18-33(28(19)39(37,38)25-9-7-6-8-10-25)24-16-21(30(2,3)4)15-22(17-24)31(5)11-12-31/h15-18,20,23,25H,6-14H2,1-5H3,(H,32,34)(H,35,36)/t20-,23-. The number of carboxylic acid groups (broad SMARTS) is 1. The molecule has 1 amide bonds. The first-order chi connectivity index (χ1) is 18.2. The molecule has 1 aromatic carbocycles. The highest BCUT2D eigenvalue weighted by molar-refractivity contribution is 7.92. The van der Waals surface area contributed by atoms with Crippen LogP contribution in [0.25, 0.3) is 5.69 Å². The average molecular weight is 555 g/mol. The maximum absolute atomic E-state index is 14.2. The number of nitrogens with zero attached hydrogens (tertiary/aromatic N) is 1. The third kappa shape index (κ3) is 5.29. The second-order valence-corrected chi connectivity index (χ2v) is 15.5. The van der Waals surface area contributed by atoms with Gasteiger partial charge in [0.25, 0.3) is 5.91 Å². The first-order valence-corrected chi connectivity index (χ1v) is 15.9. The molecule has 0 spiro atoms. The Labute approximate surface area is 232 Å². The Bertz CT molecular complexity index is 1380. The highest BCUT2D eigenvalue weighted by atomic mass is 32.2. The molecular weight excluding hydrogens is 512 g/mol. The molecule has 3 aliphatic rings. The van der Waals surface area contributed by atoms with Crippen molar-refractivity contribution in [2.75, 3.05) is 0 Å². The first-order valence-electron chi connectivity index (χ1n) is 14.4. The number of nitrogens with one attached hydrogen (secondary N) is 1. The van der Waals surface area contributed by atoms with Crippen LogP contribution in [0, 0.1) is 12.8 Å². The Kier molecular flexibility index (Phi) is 7.01. The molecule has 0 saturated heterocycles. The minimum atomic E-state index is -3.70. The van der Waals surface area contributed by atoms with Crippen molar-refractivity contribution in [1.82, 2.24) is 9.88 Å². The zero-order chi connectivity index (χ0) is 28.3.